The SMILES string of the molecule is [B]c1c([B])c([B])c(-c2nc(-c3cccc(-c4ccc5cc(-c6cccc7ccccc67)ccc5c4)c3)nc(-c3cc4ccccc4c4ccccc34)n2)c([B])c1[B]. The van der Waals surface area contributed by atoms with Gasteiger partial charge in [0, 0.05) is 16.7 Å². The van der Waals surface area contributed by atoms with Crippen molar-refractivity contribution in [3.63, 3.8) is 0 Å². The van der Waals surface area contributed by atoms with Crippen molar-refractivity contribution in [3.8, 4) is 56.4 Å². The minimum Gasteiger partial charge on any atom is -0.208 e. The first-order valence-electron chi connectivity index (χ1n) is 18.6. The second-order valence-corrected chi connectivity index (χ2v) is 14.3. The van der Waals surface area contributed by atoms with E-state index in [0.29, 0.717) is 17.2 Å². The Kier molecular flexibility index (Phi) is 8.45. The van der Waals surface area contributed by atoms with Crippen LogP contribution in [0, 0.1) is 0 Å². The largest absolute Gasteiger partial charge is 0.208 e. The molecular formula is C49H26B5N3. The normalized spacial score (nSPS) is 11.5. The van der Waals surface area contributed by atoms with Crippen LogP contribution in [0.15, 0.2) is 158 Å². The van der Waals surface area contributed by atoms with Crippen molar-refractivity contribution in [2.24, 2.45) is 0 Å². The monoisotopic (exact) mass is 711 g/mol. The summed E-state index contributed by atoms with van der Waals surface area (Å²) in [5, 5.41) is 9.01. The van der Waals surface area contributed by atoms with E-state index in [2.05, 4.69) is 121 Å². The van der Waals surface area contributed by atoms with Gasteiger partial charge in [-0.25, -0.2) is 15.0 Å². The molecule has 10 aromatic rings. The molecule has 10 rings (SSSR count). The van der Waals surface area contributed by atoms with Crippen molar-refractivity contribution in [1.82, 2.24) is 15.0 Å². The number of fused-ring (bicyclic) bond motifs is 5. The average molecular weight is 711 g/mol. The minimum absolute atomic E-state index is 0.122. The highest BCUT2D eigenvalue weighted by Gasteiger charge is 2.20. The average Bonchev–Trinajstić information content (AvgIpc) is 3.27. The highest BCUT2D eigenvalue weighted by atomic mass is 15.0. The smallest absolute Gasteiger partial charge is 0.164 e. The van der Waals surface area contributed by atoms with Crippen LogP contribution < -0.4 is 27.3 Å². The molecule has 10 radical (unpaired) electrons. The molecule has 0 fully saturated rings. The molecule has 57 heavy (non-hydrogen) atoms. The van der Waals surface area contributed by atoms with Crippen molar-refractivity contribution in [2.75, 3.05) is 0 Å². The maximum Gasteiger partial charge on any atom is 0.164 e. The van der Waals surface area contributed by atoms with Gasteiger partial charge < -0.3 is 0 Å². The van der Waals surface area contributed by atoms with Crippen LogP contribution >= 0.6 is 0 Å². The van der Waals surface area contributed by atoms with E-state index in [9.17, 15) is 0 Å². The first kappa shape index (κ1) is 34.8. The number of benzene rings is 9. The molecule has 0 aliphatic rings. The van der Waals surface area contributed by atoms with Crippen molar-refractivity contribution in [3.05, 3.63) is 158 Å². The Morgan fingerprint density at radius 3 is 1.58 bits per heavy atom. The fourth-order valence-corrected chi connectivity index (χ4v) is 7.97. The molecule has 0 N–H and O–H groups in total. The number of aromatic nitrogens is 3. The van der Waals surface area contributed by atoms with Gasteiger partial charge in [-0.05, 0) is 89.6 Å². The molecule has 252 valence electrons. The zero-order valence-electron chi connectivity index (χ0n) is 30.7. The Morgan fingerprint density at radius 2 is 0.807 bits per heavy atom. The summed E-state index contributed by atoms with van der Waals surface area (Å²) < 4.78 is 0. The van der Waals surface area contributed by atoms with E-state index in [0.717, 1.165) is 54.6 Å². The van der Waals surface area contributed by atoms with E-state index in [1.807, 2.05) is 36.4 Å². The van der Waals surface area contributed by atoms with Crippen LogP contribution in [0.4, 0.5) is 0 Å². The third kappa shape index (κ3) is 5.95. The molecule has 3 nitrogen and oxygen atoms in total. The Labute approximate surface area is 337 Å². The number of nitrogens with zero attached hydrogens (tertiary/aromatic N) is 3. The Bertz CT molecular complexity index is 3240. The molecule has 0 aliphatic carbocycles. The minimum atomic E-state index is 0.122. The zero-order valence-corrected chi connectivity index (χ0v) is 30.7. The lowest BCUT2D eigenvalue weighted by molar-refractivity contribution is 1.08. The van der Waals surface area contributed by atoms with Crippen molar-refractivity contribution in [2.45, 2.75) is 0 Å². The molecule has 0 aliphatic heterocycles. The third-order valence-electron chi connectivity index (χ3n) is 11.0. The van der Waals surface area contributed by atoms with Crippen LogP contribution in [0.1, 0.15) is 0 Å². The summed E-state index contributed by atoms with van der Waals surface area (Å²) in [6.07, 6.45) is 0. The van der Waals surface area contributed by atoms with E-state index in [1.165, 1.54) is 21.9 Å². The van der Waals surface area contributed by atoms with E-state index in [1.54, 1.807) is 0 Å². The quantitative estimate of drug-likeness (QED) is 0.146. The molecule has 0 amide bonds. The summed E-state index contributed by atoms with van der Waals surface area (Å²) in [7, 11) is 32.1. The summed E-state index contributed by atoms with van der Waals surface area (Å²) in [6.45, 7) is 0. The second kappa shape index (κ2) is 13.8. The molecule has 0 bridgehead atoms. The van der Waals surface area contributed by atoms with Crippen LogP contribution in [0.2, 0.25) is 0 Å². The second-order valence-electron chi connectivity index (χ2n) is 14.3. The van der Waals surface area contributed by atoms with Gasteiger partial charge in [-0.1, -0.05) is 144 Å². The maximum atomic E-state index is 6.60. The molecule has 1 heterocycles. The lowest BCUT2D eigenvalue weighted by Crippen LogP contribution is -2.55. The molecule has 0 saturated heterocycles. The van der Waals surface area contributed by atoms with Gasteiger partial charge in [0.05, 0.1) is 0 Å². The molecule has 8 heteroatoms. The fourth-order valence-electron chi connectivity index (χ4n) is 7.97. The fraction of sp³-hybridized carbons (Fsp3) is 0. The van der Waals surface area contributed by atoms with Crippen LogP contribution in [0.25, 0.3) is 99.5 Å². The van der Waals surface area contributed by atoms with Gasteiger partial charge in [0.25, 0.3) is 0 Å². The van der Waals surface area contributed by atoms with Crippen molar-refractivity contribution in [1.29, 1.82) is 0 Å². The topological polar surface area (TPSA) is 38.7 Å². The summed E-state index contributed by atoms with van der Waals surface area (Å²) in [5.41, 5.74) is 7.05. The summed E-state index contributed by atoms with van der Waals surface area (Å²) in [6, 6.07) is 54.9. The third-order valence-corrected chi connectivity index (χ3v) is 11.0. The van der Waals surface area contributed by atoms with Crippen molar-refractivity contribution < 1.29 is 0 Å². The Hall–Kier alpha value is -6.65. The van der Waals surface area contributed by atoms with E-state index >= 15 is 0 Å². The van der Waals surface area contributed by atoms with Gasteiger partial charge in [0.15, 0.2) is 17.5 Å². The number of hydrogen-bond acceptors (Lipinski definition) is 3. The zero-order chi connectivity index (χ0) is 38.8. The number of rotatable bonds is 5. The first-order valence-corrected chi connectivity index (χ1v) is 18.6. The molecule has 1 aromatic heterocycles. The van der Waals surface area contributed by atoms with Crippen molar-refractivity contribution >= 4 is 110 Å². The lowest BCUT2D eigenvalue weighted by atomic mass is 9.60. The highest BCUT2D eigenvalue weighted by Crippen LogP contribution is 2.36. The lowest BCUT2D eigenvalue weighted by Gasteiger charge is -2.21. The molecule has 0 spiro atoms. The molecule has 9 aromatic carbocycles. The van der Waals surface area contributed by atoms with Crippen LogP contribution in [-0.2, 0) is 0 Å². The number of hydrogen-bond donors (Lipinski definition) is 0. The van der Waals surface area contributed by atoms with E-state index < -0.39 is 0 Å². The Morgan fingerprint density at radius 1 is 0.281 bits per heavy atom. The standard InChI is InChI=1S/C49H26B5N3/c50-42-41(43(51)45(53)46(54)44(42)52)49-56-47(55-48(57-49)40-26-32-10-2-4-15-37(32)38-16-5-6-17-39(38)40)34-13-7-12-28(25-34)29-19-20-31-24-33(22-21-30(31)23-29)36-18-8-11-27-9-1-3-14-35(27)36/h1-26H. The predicted octanol–water partition coefficient (Wildman–Crippen LogP) is 6.79. The molecule has 0 atom stereocenters. The van der Waals surface area contributed by atoms with Crippen LogP contribution in [0.5, 0.6) is 0 Å². The molecular weight excluding hydrogens is 685 g/mol. The summed E-state index contributed by atoms with van der Waals surface area (Å²) >= 11 is 0. The van der Waals surface area contributed by atoms with E-state index in [4.69, 9.17) is 54.2 Å². The first-order chi connectivity index (χ1) is 27.8. The highest BCUT2D eigenvalue weighted by molar-refractivity contribution is 6.68. The van der Waals surface area contributed by atoms with Gasteiger partial charge in [0.1, 0.15) is 39.2 Å². The predicted molar refractivity (Wildman–Crippen MR) is 244 cm³/mol. The van der Waals surface area contributed by atoms with Gasteiger partial charge in [0.2, 0.25) is 0 Å². The summed E-state index contributed by atoms with van der Waals surface area (Å²) in [5.74, 6) is 1.11. The van der Waals surface area contributed by atoms with E-state index in [-0.39, 0.29) is 33.1 Å². The van der Waals surface area contributed by atoms with Crippen LogP contribution in [-0.4, -0.2) is 54.2 Å². The van der Waals surface area contributed by atoms with Gasteiger partial charge in [-0.2, -0.15) is 0 Å². The van der Waals surface area contributed by atoms with Gasteiger partial charge in [-0.15, -0.1) is 16.4 Å². The van der Waals surface area contributed by atoms with Gasteiger partial charge >= 0.3 is 0 Å². The maximum absolute atomic E-state index is 6.60. The molecule has 0 saturated carbocycles. The van der Waals surface area contributed by atoms with Gasteiger partial charge in [-0.3, -0.25) is 0 Å². The summed E-state index contributed by atoms with van der Waals surface area (Å²) in [4.78, 5) is 15.1. The van der Waals surface area contributed by atoms with Crippen LogP contribution in [0.3, 0.4) is 0 Å². The molecule has 0 unspecified atom stereocenters. The Balaban J connectivity index is 1.12.